The third-order valence-electron chi connectivity index (χ3n) is 4.85. The molecule has 0 spiro atoms. The lowest BCUT2D eigenvalue weighted by atomic mass is 9.92. The number of halogens is 3. The third-order valence-corrected chi connectivity index (χ3v) is 4.85. The topological polar surface area (TPSA) is 81.2 Å². The molecular weight excluding hydrogens is 387 g/mol. The van der Waals surface area contributed by atoms with E-state index in [4.69, 9.17) is 0 Å². The van der Waals surface area contributed by atoms with Crippen LogP contribution < -0.4 is 10.5 Å². The van der Waals surface area contributed by atoms with Gasteiger partial charge in [-0.3, -0.25) is 4.79 Å². The largest absolute Gasteiger partial charge is 0.453 e. The summed E-state index contributed by atoms with van der Waals surface area (Å²) in [6.45, 7) is 7.65. The number of rotatable bonds is 3. The zero-order valence-corrected chi connectivity index (χ0v) is 16.2. The zero-order valence-electron chi connectivity index (χ0n) is 16.2. The van der Waals surface area contributed by atoms with Crippen molar-refractivity contribution in [1.29, 1.82) is 0 Å². The van der Waals surface area contributed by atoms with Crippen molar-refractivity contribution >= 4 is 11.5 Å². The molecule has 0 aromatic carbocycles. The first-order chi connectivity index (χ1) is 13.5. The molecule has 0 aliphatic carbocycles. The van der Waals surface area contributed by atoms with Gasteiger partial charge in [0, 0.05) is 30.5 Å². The standard InChI is InChI=1S/C18H20F3N7O/c1-17(2,3)12-4-7-15(29)27(24-12)10-11-8-26(9-11)14-6-5-13-22-23-16(18(19,20)21)28(13)25-14/h4-7,11H,8-10H2,1-3H3. The number of fused-ring (bicyclic) bond motifs is 1. The predicted molar refractivity (Wildman–Crippen MR) is 98.7 cm³/mol. The maximum Gasteiger partial charge on any atom is 0.453 e. The summed E-state index contributed by atoms with van der Waals surface area (Å²) < 4.78 is 41.2. The van der Waals surface area contributed by atoms with Crippen LogP contribution in [-0.2, 0) is 18.1 Å². The lowest BCUT2D eigenvalue weighted by Crippen LogP contribution is -2.50. The minimum absolute atomic E-state index is 0.0351. The Kier molecular flexibility index (Phi) is 4.35. The summed E-state index contributed by atoms with van der Waals surface area (Å²) in [5, 5.41) is 15.2. The van der Waals surface area contributed by atoms with Crippen molar-refractivity contribution in [3.05, 3.63) is 46.1 Å². The van der Waals surface area contributed by atoms with Gasteiger partial charge in [0.2, 0.25) is 0 Å². The molecule has 8 nitrogen and oxygen atoms in total. The molecular formula is C18H20F3N7O. The van der Waals surface area contributed by atoms with Crippen molar-refractivity contribution in [3.8, 4) is 0 Å². The fourth-order valence-electron chi connectivity index (χ4n) is 3.22. The molecule has 1 aliphatic heterocycles. The lowest BCUT2D eigenvalue weighted by molar-refractivity contribution is -0.146. The van der Waals surface area contributed by atoms with Gasteiger partial charge < -0.3 is 4.90 Å². The molecule has 0 unspecified atom stereocenters. The van der Waals surface area contributed by atoms with Crippen molar-refractivity contribution in [2.75, 3.05) is 18.0 Å². The molecule has 1 saturated heterocycles. The first kappa shape index (κ1) is 19.3. The minimum atomic E-state index is -4.63. The molecule has 1 aliphatic rings. The van der Waals surface area contributed by atoms with Gasteiger partial charge in [0.25, 0.3) is 11.4 Å². The molecule has 0 amide bonds. The van der Waals surface area contributed by atoms with Gasteiger partial charge >= 0.3 is 6.18 Å². The van der Waals surface area contributed by atoms with E-state index in [-0.39, 0.29) is 22.5 Å². The number of alkyl halides is 3. The molecule has 154 valence electrons. The van der Waals surface area contributed by atoms with Crippen LogP contribution in [0.15, 0.2) is 29.1 Å². The second kappa shape index (κ2) is 6.53. The Morgan fingerprint density at radius 2 is 1.76 bits per heavy atom. The molecule has 1 fully saturated rings. The SMILES string of the molecule is CC(C)(C)c1ccc(=O)n(CC2CN(c3ccc4nnc(C(F)(F)F)n4n3)C2)n1. The van der Waals surface area contributed by atoms with Gasteiger partial charge in [0.1, 0.15) is 5.82 Å². The van der Waals surface area contributed by atoms with Crippen LogP contribution in [0.3, 0.4) is 0 Å². The Bertz CT molecular complexity index is 1110. The summed E-state index contributed by atoms with van der Waals surface area (Å²) in [5.41, 5.74) is 0.519. The molecule has 29 heavy (non-hydrogen) atoms. The second-order valence-corrected chi connectivity index (χ2v) is 8.24. The highest BCUT2D eigenvalue weighted by molar-refractivity contribution is 5.47. The maximum absolute atomic E-state index is 13.0. The average molecular weight is 407 g/mol. The summed E-state index contributed by atoms with van der Waals surface area (Å²) >= 11 is 0. The molecule has 0 saturated carbocycles. The van der Waals surface area contributed by atoms with E-state index in [1.54, 1.807) is 12.1 Å². The van der Waals surface area contributed by atoms with Crippen LogP contribution in [0, 0.1) is 5.92 Å². The number of hydrogen-bond acceptors (Lipinski definition) is 6. The molecule has 0 N–H and O–H groups in total. The maximum atomic E-state index is 13.0. The van der Waals surface area contributed by atoms with Gasteiger partial charge in [-0.15, -0.1) is 15.3 Å². The smallest absolute Gasteiger partial charge is 0.354 e. The van der Waals surface area contributed by atoms with Crippen molar-refractivity contribution in [2.24, 2.45) is 5.92 Å². The number of aromatic nitrogens is 6. The Hall–Kier alpha value is -2.98. The fourth-order valence-corrected chi connectivity index (χ4v) is 3.22. The van der Waals surface area contributed by atoms with Crippen molar-refractivity contribution in [2.45, 2.75) is 38.9 Å². The van der Waals surface area contributed by atoms with Gasteiger partial charge in [-0.05, 0) is 18.2 Å². The van der Waals surface area contributed by atoms with Crippen molar-refractivity contribution in [1.82, 2.24) is 29.6 Å². The summed E-state index contributed by atoms with van der Waals surface area (Å²) in [5.74, 6) is -0.597. The van der Waals surface area contributed by atoms with E-state index >= 15 is 0 Å². The number of nitrogens with zero attached hydrogens (tertiary/aromatic N) is 7. The lowest BCUT2D eigenvalue weighted by Gasteiger charge is -2.40. The van der Waals surface area contributed by atoms with Crippen molar-refractivity contribution < 1.29 is 13.2 Å². The quantitative estimate of drug-likeness (QED) is 0.662. The number of hydrogen-bond donors (Lipinski definition) is 0. The molecule has 3 aromatic heterocycles. The van der Waals surface area contributed by atoms with E-state index in [2.05, 4.69) is 20.4 Å². The molecule has 0 bridgehead atoms. The Labute approximate surface area is 164 Å². The Balaban J connectivity index is 1.49. The highest BCUT2D eigenvalue weighted by Gasteiger charge is 2.38. The molecule has 11 heteroatoms. The monoisotopic (exact) mass is 407 g/mol. The van der Waals surface area contributed by atoms with E-state index in [1.807, 2.05) is 25.7 Å². The van der Waals surface area contributed by atoms with E-state index in [9.17, 15) is 18.0 Å². The van der Waals surface area contributed by atoms with Gasteiger partial charge in [0.05, 0.1) is 12.2 Å². The van der Waals surface area contributed by atoms with Gasteiger partial charge in [0.15, 0.2) is 5.65 Å². The first-order valence-corrected chi connectivity index (χ1v) is 9.15. The summed E-state index contributed by atoms with van der Waals surface area (Å²) in [6.07, 6.45) is -4.63. The molecule has 4 rings (SSSR count). The normalized spacial score (nSPS) is 15.7. The first-order valence-electron chi connectivity index (χ1n) is 9.15. The van der Waals surface area contributed by atoms with Crippen molar-refractivity contribution in [3.63, 3.8) is 0 Å². The van der Waals surface area contributed by atoms with Crippen LogP contribution in [0.25, 0.3) is 5.65 Å². The summed E-state index contributed by atoms with van der Waals surface area (Å²) in [7, 11) is 0. The molecule has 3 aromatic rings. The molecule has 4 heterocycles. The Morgan fingerprint density at radius 1 is 1.03 bits per heavy atom. The predicted octanol–water partition coefficient (Wildman–Crippen LogP) is 2.13. The van der Waals surface area contributed by atoms with Crippen LogP contribution in [-0.4, -0.2) is 42.7 Å². The second-order valence-electron chi connectivity index (χ2n) is 8.24. The highest BCUT2D eigenvalue weighted by atomic mass is 19.4. The van der Waals surface area contributed by atoms with E-state index < -0.39 is 12.0 Å². The highest BCUT2D eigenvalue weighted by Crippen LogP contribution is 2.29. The molecule has 0 radical (unpaired) electrons. The van der Waals surface area contributed by atoms with E-state index in [0.29, 0.717) is 30.0 Å². The summed E-state index contributed by atoms with van der Waals surface area (Å²) in [6, 6.07) is 6.33. The van der Waals surface area contributed by atoms with Crippen LogP contribution in [0.1, 0.15) is 32.3 Å². The Morgan fingerprint density at radius 3 is 2.41 bits per heavy atom. The van der Waals surface area contributed by atoms with Gasteiger partial charge in [-0.25, -0.2) is 4.68 Å². The van der Waals surface area contributed by atoms with Crippen LogP contribution in [0.2, 0.25) is 0 Å². The van der Waals surface area contributed by atoms with Crippen LogP contribution in [0.5, 0.6) is 0 Å². The van der Waals surface area contributed by atoms with Crippen LogP contribution >= 0.6 is 0 Å². The minimum Gasteiger partial charge on any atom is -0.354 e. The fraction of sp³-hybridized carbons (Fsp3) is 0.500. The molecule has 0 atom stereocenters. The van der Waals surface area contributed by atoms with E-state index in [1.165, 1.54) is 16.8 Å². The van der Waals surface area contributed by atoms with Gasteiger partial charge in [-0.1, -0.05) is 20.8 Å². The third kappa shape index (κ3) is 3.68. The van der Waals surface area contributed by atoms with Crippen LogP contribution in [0.4, 0.5) is 19.0 Å². The average Bonchev–Trinajstić information content (AvgIpc) is 3.01. The van der Waals surface area contributed by atoms with E-state index in [0.717, 1.165) is 5.69 Å². The zero-order chi connectivity index (χ0) is 21.0. The summed E-state index contributed by atoms with van der Waals surface area (Å²) in [4.78, 5) is 14.0. The van der Waals surface area contributed by atoms with Gasteiger partial charge in [-0.2, -0.15) is 22.8 Å². The number of anilines is 1.